The van der Waals surface area contributed by atoms with Crippen LogP contribution in [0.5, 0.6) is 0 Å². The summed E-state index contributed by atoms with van der Waals surface area (Å²) in [7, 11) is 0. The molecule has 4 heteroatoms. The fourth-order valence-corrected chi connectivity index (χ4v) is 2.40. The molecule has 0 atom stereocenters. The van der Waals surface area contributed by atoms with Crippen molar-refractivity contribution in [2.45, 2.75) is 25.9 Å². The summed E-state index contributed by atoms with van der Waals surface area (Å²) in [6, 6.07) is 9.70. The van der Waals surface area contributed by atoms with Crippen molar-refractivity contribution in [2.75, 3.05) is 19.7 Å². The Morgan fingerprint density at radius 2 is 1.95 bits per heavy atom. The first-order chi connectivity index (χ1) is 9.29. The Bertz CT molecular complexity index is 386. The third-order valence-electron chi connectivity index (χ3n) is 3.62. The van der Waals surface area contributed by atoms with Crippen molar-refractivity contribution in [3.63, 3.8) is 0 Å². The van der Waals surface area contributed by atoms with Gasteiger partial charge >= 0.3 is 6.09 Å². The van der Waals surface area contributed by atoms with Crippen LogP contribution in [-0.2, 0) is 11.3 Å². The van der Waals surface area contributed by atoms with Crippen molar-refractivity contribution in [1.82, 2.24) is 4.90 Å². The van der Waals surface area contributed by atoms with E-state index >= 15 is 0 Å². The number of benzene rings is 1. The predicted octanol–water partition coefficient (Wildman–Crippen LogP) is 2.42. The van der Waals surface area contributed by atoms with E-state index in [2.05, 4.69) is 0 Å². The van der Waals surface area contributed by atoms with Crippen molar-refractivity contribution >= 4 is 6.09 Å². The average Bonchev–Trinajstić information content (AvgIpc) is 2.47. The first-order valence-electron chi connectivity index (χ1n) is 6.86. The largest absolute Gasteiger partial charge is 0.445 e. The first kappa shape index (κ1) is 13.9. The second-order valence-electron chi connectivity index (χ2n) is 4.98. The lowest BCUT2D eigenvalue weighted by Gasteiger charge is -2.31. The monoisotopic (exact) mass is 263 g/mol. The van der Waals surface area contributed by atoms with Crippen LogP contribution < -0.4 is 0 Å². The Morgan fingerprint density at radius 1 is 1.26 bits per heavy atom. The van der Waals surface area contributed by atoms with Crippen LogP contribution in [0.3, 0.4) is 0 Å². The van der Waals surface area contributed by atoms with E-state index in [0.29, 0.717) is 12.5 Å². The number of nitrogens with zero attached hydrogens (tertiary/aromatic N) is 1. The molecule has 0 spiro atoms. The molecule has 0 radical (unpaired) electrons. The summed E-state index contributed by atoms with van der Waals surface area (Å²) >= 11 is 0. The number of carbonyl (C=O) groups excluding carboxylic acids is 1. The van der Waals surface area contributed by atoms with Crippen LogP contribution in [0.15, 0.2) is 30.3 Å². The van der Waals surface area contributed by atoms with Gasteiger partial charge in [0.25, 0.3) is 0 Å². The lowest BCUT2D eigenvalue weighted by atomic mass is 9.94. The molecule has 0 aromatic heterocycles. The number of likely N-dealkylation sites (tertiary alicyclic amines) is 1. The number of aliphatic hydroxyl groups excluding tert-OH is 1. The predicted molar refractivity (Wildman–Crippen MR) is 72.6 cm³/mol. The van der Waals surface area contributed by atoms with Gasteiger partial charge in [0.2, 0.25) is 0 Å². The Hall–Kier alpha value is -1.55. The number of piperidine rings is 1. The SMILES string of the molecule is O=C(OCc1ccccc1)N1CCC(CCO)CC1. The fraction of sp³-hybridized carbons (Fsp3) is 0.533. The number of amides is 1. The summed E-state index contributed by atoms with van der Waals surface area (Å²) in [5.41, 5.74) is 1.01. The highest BCUT2D eigenvalue weighted by atomic mass is 16.6. The van der Waals surface area contributed by atoms with Crippen molar-refractivity contribution < 1.29 is 14.6 Å². The molecule has 1 fully saturated rings. The molecule has 104 valence electrons. The van der Waals surface area contributed by atoms with Gasteiger partial charge in [-0.3, -0.25) is 0 Å². The molecule has 0 aliphatic carbocycles. The second kappa shape index (κ2) is 7.14. The molecule has 19 heavy (non-hydrogen) atoms. The number of aliphatic hydroxyl groups is 1. The smallest absolute Gasteiger partial charge is 0.410 e. The van der Waals surface area contributed by atoms with Gasteiger partial charge in [-0.25, -0.2) is 4.79 Å². The zero-order chi connectivity index (χ0) is 13.5. The van der Waals surface area contributed by atoms with Gasteiger partial charge in [-0.05, 0) is 30.7 Å². The van der Waals surface area contributed by atoms with Crippen molar-refractivity contribution in [3.05, 3.63) is 35.9 Å². The highest BCUT2D eigenvalue weighted by molar-refractivity contribution is 5.67. The molecule has 1 heterocycles. The van der Waals surface area contributed by atoms with Crippen molar-refractivity contribution in [1.29, 1.82) is 0 Å². The van der Waals surface area contributed by atoms with Crippen LogP contribution >= 0.6 is 0 Å². The molecule has 1 aromatic rings. The lowest BCUT2D eigenvalue weighted by Crippen LogP contribution is -2.38. The van der Waals surface area contributed by atoms with Gasteiger partial charge in [-0.1, -0.05) is 30.3 Å². The second-order valence-corrected chi connectivity index (χ2v) is 4.98. The number of hydrogen-bond donors (Lipinski definition) is 1. The number of hydrogen-bond acceptors (Lipinski definition) is 3. The van der Waals surface area contributed by atoms with Crippen LogP contribution in [0.1, 0.15) is 24.8 Å². The quantitative estimate of drug-likeness (QED) is 0.907. The molecule has 0 saturated carbocycles. The summed E-state index contributed by atoms with van der Waals surface area (Å²) < 4.78 is 5.30. The summed E-state index contributed by atoms with van der Waals surface area (Å²) in [4.78, 5) is 13.7. The topological polar surface area (TPSA) is 49.8 Å². The Morgan fingerprint density at radius 3 is 2.58 bits per heavy atom. The number of carbonyl (C=O) groups is 1. The minimum atomic E-state index is -0.230. The summed E-state index contributed by atoms with van der Waals surface area (Å²) in [5.74, 6) is 0.545. The first-order valence-corrected chi connectivity index (χ1v) is 6.86. The van der Waals surface area contributed by atoms with Crippen LogP contribution in [0.4, 0.5) is 4.79 Å². The number of rotatable bonds is 4. The third kappa shape index (κ3) is 4.24. The highest BCUT2D eigenvalue weighted by Crippen LogP contribution is 2.20. The molecule has 0 bridgehead atoms. The molecule has 1 amide bonds. The maximum absolute atomic E-state index is 11.9. The van der Waals surface area contributed by atoms with E-state index < -0.39 is 0 Å². The summed E-state index contributed by atoms with van der Waals surface area (Å²) in [6.07, 6.45) is 2.53. The van der Waals surface area contributed by atoms with E-state index in [4.69, 9.17) is 9.84 Å². The normalized spacial score (nSPS) is 16.4. The van der Waals surface area contributed by atoms with Gasteiger partial charge in [-0.2, -0.15) is 0 Å². The van der Waals surface area contributed by atoms with Gasteiger partial charge in [0.05, 0.1) is 0 Å². The van der Waals surface area contributed by atoms with Crippen LogP contribution in [0, 0.1) is 5.92 Å². The van der Waals surface area contributed by atoms with Gasteiger partial charge in [0.15, 0.2) is 0 Å². The van der Waals surface area contributed by atoms with Crippen molar-refractivity contribution in [3.8, 4) is 0 Å². The minimum absolute atomic E-state index is 0.230. The third-order valence-corrected chi connectivity index (χ3v) is 3.62. The molecule has 1 saturated heterocycles. The van der Waals surface area contributed by atoms with Crippen LogP contribution in [-0.4, -0.2) is 35.8 Å². The Kier molecular flexibility index (Phi) is 5.21. The van der Waals surface area contributed by atoms with Gasteiger partial charge in [-0.15, -0.1) is 0 Å². The highest BCUT2D eigenvalue weighted by Gasteiger charge is 2.23. The summed E-state index contributed by atoms with van der Waals surface area (Å²) in [5, 5.41) is 8.90. The molecule has 0 unspecified atom stereocenters. The molecule has 4 nitrogen and oxygen atoms in total. The zero-order valence-corrected chi connectivity index (χ0v) is 11.1. The number of ether oxygens (including phenoxy) is 1. The fourth-order valence-electron chi connectivity index (χ4n) is 2.40. The standard InChI is InChI=1S/C15H21NO3/c17-11-8-13-6-9-16(10-7-13)15(18)19-12-14-4-2-1-3-5-14/h1-5,13,17H,6-12H2. The van der Waals surface area contributed by atoms with Crippen LogP contribution in [0.2, 0.25) is 0 Å². The zero-order valence-electron chi connectivity index (χ0n) is 11.1. The molecule has 1 aromatic carbocycles. The Labute approximate surface area is 114 Å². The van der Waals surface area contributed by atoms with Gasteiger partial charge in [0.1, 0.15) is 6.61 Å². The van der Waals surface area contributed by atoms with E-state index in [1.165, 1.54) is 0 Å². The molecular formula is C15H21NO3. The molecule has 2 rings (SSSR count). The average molecular weight is 263 g/mol. The lowest BCUT2D eigenvalue weighted by molar-refractivity contribution is 0.0795. The molecule has 1 aliphatic heterocycles. The molecule has 1 N–H and O–H groups in total. The van der Waals surface area contributed by atoms with E-state index in [0.717, 1.165) is 37.9 Å². The Balaban J connectivity index is 1.73. The maximum atomic E-state index is 11.9. The molecular weight excluding hydrogens is 242 g/mol. The van der Waals surface area contributed by atoms with E-state index in [1.807, 2.05) is 30.3 Å². The molecule has 1 aliphatic rings. The maximum Gasteiger partial charge on any atom is 0.410 e. The van der Waals surface area contributed by atoms with Gasteiger partial charge in [0, 0.05) is 19.7 Å². The van der Waals surface area contributed by atoms with E-state index in [-0.39, 0.29) is 12.7 Å². The van der Waals surface area contributed by atoms with Gasteiger partial charge < -0.3 is 14.7 Å². The van der Waals surface area contributed by atoms with Crippen LogP contribution in [0.25, 0.3) is 0 Å². The van der Waals surface area contributed by atoms with Crippen molar-refractivity contribution in [2.24, 2.45) is 5.92 Å². The van der Waals surface area contributed by atoms with E-state index in [9.17, 15) is 4.79 Å². The summed E-state index contributed by atoms with van der Waals surface area (Å²) in [6.45, 7) is 2.04. The van der Waals surface area contributed by atoms with E-state index in [1.54, 1.807) is 4.90 Å². The minimum Gasteiger partial charge on any atom is -0.445 e.